The first kappa shape index (κ1) is 34.2. The normalized spacial score (nSPS) is 16.7. The van der Waals surface area contributed by atoms with Gasteiger partial charge in [0.15, 0.2) is 0 Å². The molecule has 10 heteroatoms. The van der Waals surface area contributed by atoms with Crippen molar-refractivity contribution >= 4 is 34.8 Å². The van der Waals surface area contributed by atoms with Gasteiger partial charge in [-0.25, -0.2) is 0 Å². The fourth-order valence-corrected chi connectivity index (χ4v) is 5.75. The molecule has 3 atom stereocenters. The van der Waals surface area contributed by atoms with Crippen LogP contribution in [0.25, 0.3) is 0 Å². The molecule has 10 nitrogen and oxygen atoms in total. The molecule has 1 aliphatic rings. The SMILES string of the molecule is C[C@@H]1CN([C@@H](C)CO)C(=O)c2cc(NC(=O)Cc3ccccc3)ccc2O[C@@H]1CN(C)Cc1ccc(C(=O)Nc2ccccc2N)cc1. The minimum absolute atomic E-state index is 0.0553. The molecule has 0 spiro atoms. The third-order valence-electron chi connectivity index (χ3n) is 8.53. The zero-order valence-electron chi connectivity index (χ0n) is 27.6. The van der Waals surface area contributed by atoms with E-state index < -0.39 is 6.04 Å². The molecule has 0 fully saturated rings. The van der Waals surface area contributed by atoms with Gasteiger partial charge in [0.2, 0.25) is 5.91 Å². The third kappa shape index (κ3) is 8.58. The summed E-state index contributed by atoms with van der Waals surface area (Å²) in [5, 5.41) is 15.8. The molecule has 0 aromatic heterocycles. The molecule has 0 aliphatic carbocycles. The summed E-state index contributed by atoms with van der Waals surface area (Å²) in [4.78, 5) is 43.2. The fourth-order valence-electron chi connectivity index (χ4n) is 5.75. The van der Waals surface area contributed by atoms with Gasteiger partial charge in [-0.05, 0) is 67.6 Å². The number of benzene rings is 4. The van der Waals surface area contributed by atoms with E-state index >= 15 is 0 Å². The highest BCUT2D eigenvalue weighted by molar-refractivity contribution is 6.05. The van der Waals surface area contributed by atoms with Gasteiger partial charge in [-0.1, -0.05) is 61.5 Å². The lowest BCUT2D eigenvalue weighted by molar-refractivity contribution is -0.115. The van der Waals surface area contributed by atoms with Gasteiger partial charge in [-0.15, -0.1) is 0 Å². The van der Waals surface area contributed by atoms with Crippen LogP contribution in [0.1, 0.15) is 45.7 Å². The number of nitrogens with one attached hydrogen (secondary N) is 2. The number of amides is 3. The van der Waals surface area contributed by atoms with E-state index in [1.54, 1.807) is 47.4 Å². The molecule has 250 valence electrons. The number of carbonyl (C=O) groups is 3. The molecule has 0 bridgehead atoms. The molecule has 0 unspecified atom stereocenters. The van der Waals surface area contributed by atoms with E-state index in [1.165, 1.54) is 0 Å². The average molecular weight is 650 g/mol. The first-order chi connectivity index (χ1) is 23.1. The van der Waals surface area contributed by atoms with Crippen LogP contribution in [0.2, 0.25) is 0 Å². The van der Waals surface area contributed by atoms with E-state index in [2.05, 4.69) is 15.5 Å². The van der Waals surface area contributed by atoms with Crippen LogP contribution in [-0.4, -0.2) is 71.5 Å². The number of para-hydroxylation sites is 2. The van der Waals surface area contributed by atoms with Gasteiger partial charge in [0.1, 0.15) is 11.9 Å². The summed E-state index contributed by atoms with van der Waals surface area (Å²) in [6, 6.07) is 28.7. The van der Waals surface area contributed by atoms with Gasteiger partial charge in [-0.3, -0.25) is 19.3 Å². The number of rotatable bonds is 11. The average Bonchev–Trinajstić information content (AvgIpc) is 3.08. The van der Waals surface area contributed by atoms with Crippen LogP contribution >= 0.6 is 0 Å². The number of anilines is 3. The lowest BCUT2D eigenvalue weighted by Gasteiger charge is -2.38. The van der Waals surface area contributed by atoms with Gasteiger partial charge in [0.25, 0.3) is 11.8 Å². The largest absolute Gasteiger partial charge is 0.488 e. The highest BCUT2D eigenvalue weighted by Crippen LogP contribution is 2.31. The zero-order valence-corrected chi connectivity index (χ0v) is 27.6. The summed E-state index contributed by atoms with van der Waals surface area (Å²) in [5.74, 6) is -0.318. The Morgan fingerprint density at radius 2 is 1.69 bits per heavy atom. The molecule has 3 amide bonds. The van der Waals surface area contributed by atoms with Crippen LogP contribution in [0, 0.1) is 5.92 Å². The number of carbonyl (C=O) groups excluding carboxylic acids is 3. The van der Waals surface area contributed by atoms with Gasteiger partial charge in [0, 0.05) is 36.8 Å². The first-order valence-electron chi connectivity index (χ1n) is 16.1. The van der Waals surface area contributed by atoms with E-state index in [0.717, 1.165) is 11.1 Å². The summed E-state index contributed by atoms with van der Waals surface area (Å²) in [5.41, 5.74) is 10.3. The maximum atomic E-state index is 13.8. The van der Waals surface area contributed by atoms with E-state index in [1.807, 2.05) is 75.5 Å². The van der Waals surface area contributed by atoms with Crippen molar-refractivity contribution in [1.82, 2.24) is 9.80 Å². The Balaban J connectivity index is 1.28. The summed E-state index contributed by atoms with van der Waals surface area (Å²) in [6.45, 7) is 5.23. The predicted molar refractivity (Wildman–Crippen MR) is 188 cm³/mol. The van der Waals surface area contributed by atoms with Crippen LogP contribution < -0.4 is 21.1 Å². The summed E-state index contributed by atoms with van der Waals surface area (Å²) >= 11 is 0. The van der Waals surface area contributed by atoms with E-state index in [4.69, 9.17) is 10.5 Å². The van der Waals surface area contributed by atoms with Crippen molar-refractivity contribution in [3.63, 3.8) is 0 Å². The van der Waals surface area contributed by atoms with Crippen molar-refractivity contribution < 1.29 is 24.2 Å². The molecule has 5 rings (SSSR count). The number of hydrogen-bond donors (Lipinski definition) is 4. The Morgan fingerprint density at radius 3 is 2.40 bits per heavy atom. The molecule has 4 aromatic rings. The van der Waals surface area contributed by atoms with Gasteiger partial charge >= 0.3 is 0 Å². The van der Waals surface area contributed by atoms with Crippen molar-refractivity contribution in [3.8, 4) is 5.75 Å². The second-order valence-corrected chi connectivity index (χ2v) is 12.5. The van der Waals surface area contributed by atoms with E-state index in [0.29, 0.717) is 53.6 Å². The van der Waals surface area contributed by atoms with Gasteiger partial charge in [0.05, 0.1) is 36.0 Å². The molecule has 0 radical (unpaired) electrons. The zero-order chi connectivity index (χ0) is 34.2. The Kier molecular flexibility index (Phi) is 11.1. The van der Waals surface area contributed by atoms with Crippen molar-refractivity contribution in [1.29, 1.82) is 0 Å². The number of hydrogen-bond acceptors (Lipinski definition) is 7. The second kappa shape index (κ2) is 15.6. The number of aliphatic hydroxyl groups is 1. The third-order valence-corrected chi connectivity index (χ3v) is 8.53. The number of fused-ring (bicyclic) bond motifs is 1. The molecular weight excluding hydrogens is 606 g/mol. The minimum Gasteiger partial charge on any atom is -0.488 e. The number of nitrogens with zero attached hydrogens (tertiary/aromatic N) is 2. The lowest BCUT2D eigenvalue weighted by Crippen LogP contribution is -2.49. The van der Waals surface area contributed by atoms with Crippen LogP contribution in [-0.2, 0) is 17.8 Å². The standard InChI is InChI=1S/C38H43N5O5/c1-25-21-43(26(2)24-44)38(47)31-20-30(40-36(45)19-27-9-5-4-6-10-27)17-18-34(31)48-35(25)23-42(3)22-28-13-15-29(16-14-28)37(46)41-33-12-8-7-11-32(33)39/h4-18,20,25-26,35,44H,19,21-24,39H2,1-3H3,(H,40,45)(H,41,46)/t25-,26+,35-/m1/s1. The molecular formula is C38H43N5O5. The Hall–Kier alpha value is -5.19. The molecule has 1 heterocycles. The Bertz CT molecular complexity index is 1730. The summed E-state index contributed by atoms with van der Waals surface area (Å²) in [6.07, 6.45) is -0.0732. The summed E-state index contributed by atoms with van der Waals surface area (Å²) in [7, 11) is 2.00. The van der Waals surface area contributed by atoms with E-state index in [9.17, 15) is 19.5 Å². The second-order valence-electron chi connectivity index (χ2n) is 12.5. The topological polar surface area (TPSA) is 137 Å². The molecule has 0 saturated carbocycles. The van der Waals surface area contributed by atoms with Crippen molar-refractivity contribution in [2.75, 3.05) is 43.1 Å². The smallest absolute Gasteiger partial charge is 0.258 e. The molecule has 1 aliphatic heterocycles. The molecule has 4 aromatic carbocycles. The first-order valence-corrected chi connectivity index (χ1v) is 16.1. The minimum atomic E-state index is -0.408. The molecule has 48 heavy (non-hydrogen) atoms. The van der Waals surface area contributed by atoms with Crippen LogP contribution in [0.15, 0.2) is 97.1 Å². The predicted octanol–water partition coefficient (Wildman–Crippen LogP) is 5.05. The fraction of sp³-hybridized carbons (Fsp3) is 0.289. The highest BCUT2D eigenvalue weighted by Gasteiger charge is 2.33. The van der Waals surface area contributed by atoms with Crippen molar-refractivity contribution in [3.05, 3.63) is 119 Å². The van der Waals surface area contributed by atoms with Crippen LogP contribution in [0.4, 0.5) is 17.1 Å². The van der Waals surface area contributed by atoms with Crippen LogP contribution in [0.3, 0.4) is 0 Å². The lowest BCUT2D eigenvalue weighted by atomic mass is 9.99. The number of nitrogen functional groups attached to an aromatic ring is 1. The molecule has 5 N–H and O–H groups in total. The maximum absolute atomic E-state index is 13.8. The number of likely N-dealkylation sites (N-methyl/N-ethyl adjacent to an activating group) is 1. The van der Waals surface area contributed by atoms with Crippen molar-refractivity contribution in [2.24, 2.45) is 5.92 Å². The van der Waals surface area contributed by atoms with E-state index in [-0.39, 0.29) is 42.8 Å². The summed E-state index contributed by atoms with van der Waals surface area (Å²) < 4.78 is 6.53. The van der Waals surface area contributed by atoms with Crippen molar-refractivity contribution in [2.45, 2.75) is 39.0 Å². The molecule has 0 saturated heterocycles. The number of nitrogens with two attached hydrogens (primary N) is 1. The number of ether oxygens (including phenoxy) is 1. The number of aliphatic hydroxyl groups excluding tert-OH is 1. The maximum Gasteiger partial charge on any atom is 0.258 e. The Labute approximate surface area is 281 Å². The quantitative estimate of drug-likeness (QED) is 0.167. The van der Waals surface area contributed by atoms with Gasteiger partial charge in [-0.2, -0.15) is 0 Å². The Morgan fingerprint density at radius 1 is 0.979 bits per heavy atom. The highest BCUT2D eigenvalue weighted by atomic mass is 16.5. The van der Waals surface area contributed by atoms with Crippen LogP contribution in [0.5, 0.6) is 5.75 Å². The van der Waals surface area contributed by atoms with Gasteiger partial charge < -0.3 is 31.1 Å². The monoisotopic (exact) mass is 649 g/mol.